The van der Waals surface area contributed by atoms with Gasteiger partial charge in [-0.15, -0.1) is 0 Å². The minimum atomic E-state index is -0.819. The highest BCUT2D eigenvalue weighted by atomic mass is 16.6. The Morgan fingerprint density at radius 2 is 0.695 bits per heavy atom. The summed E-state index contributed by atoms with van der Waals surface area (Å²) in [6, 6.07) is 0. The smallest absolute Gasteiger partial charge is 0.306 e. The third-order valence-electron chi connectivity index (χ3n) is 9.91. The Hall–Kier alpha value is -3.41. The second kappa shape index (κ2) is 47.3. The molecule has 59 heavy (non-hydrogen) atoms. The molecule has 0 aliphatic carbocycles. The zero-order valence-corrected chi connectivity index (χ0v) is 38.2. The van der Waals surface area contributed by atoms with Crippen LogP contribution in [0.4, 0.5) is 0 Å². The van der Waals surface area contributed by atoms with Crippen molar-refractivity contribution in [1.29, 1.82) is 0 Å². The summed E-state index contributed by atoms with van der Waals surface area (Å²) in [5.41, 5.74) is 0. The fraction of sp³-hybridized carbons (Fsp3) is 0.679. The first-order valence-corrected chi connectivity index (χ1v) is 24.1. The number of ether oxygens (including phenoxy) is 3. The molecular weight excluding hydrogens is 733 g/mol. The Bertz CT molecular complexity index is 1170. The SMILES string of the molecule is CC/C=C\C/C=C\C/C=C\C/C=C\CCC(=O)OC(COC(=O)CCCCCCC/C=C\C/C=C\C/C=C\CC)COC(=O)CCCCCCCCCCCCCCC. The number of carbonyl (C=O) groups excluding carboxylic acids is 3. The molecule has 0 saturated heterocycles. The highest BCUT2D eigenvalue weighted by Crippen LogP contribution is 2.14. The van der Waals surface area contributed by atoms with E-state index >= 15 is 0 Å². The molecule has 0 aromatic heterocycles. The summed E-state index contributed by atoms with van der Waals surface area (Å²) in [5, 5.41) is 0. The summed E-state index contributed by atoms with van der Waals surface area (Å²) in [6.45, 7) is 6.32. The van der Waals surface area contributed by atoms with Crippen molar-refractivity contribution >= 4 is 17.9 Å². The molecule has 0 rings (SSSR count). The van der Waals surface area contributed by atoms with Crippen molar-refractivity contribution < 1.29 is 28.6 Å². The van der Waals surface area contributed by atoms with Crippen molar-refractivity contribution in [2.24, 2.45) is 0 Å². The third-order valence-corrected chi connectivity index (χ3v) is 9.91. The lowest BCUT2D eigenvalue weighted by Gasteiger charge is -2.18. The Balaban J connectivity index is 4.50. The molecular formula is C53H88O6. The van der Waals surface area contributed by atoms with Crippen molar-refractivity contribution in [2.75, 3.05) is 13.2 Å². The van der Waals surface area contributed by atoms with Gasteiger partial charge in [0.2, 0.25) is 0 Å². The molecule has 0 aliphatic rings. The molecule has 6 heteroatoms. The summed E-state index contributed by atoms with van der Waals surface area (Å²) in [5.74, 6) is -1.01. The zero-order chi connectivity index (χ0) is 43.0. The van der Waals surface area contributed by atoms with Crippen LogP contribution in [0.1, 0.15) is 213 Å². The molecule has 1 atom stereocenters. The van der Waals surface area contributed by atoms with E-state index in [1.807, 2.05) is 12.2 Å². The minimum Gasteiger partial charge on any atom is -0.462 e. The summed E-state index contributed by atoms with van der Waals surface area (Å²) >= 11 is 0. The van der Waals surface area contributed by atoms with Gasteiger partial charge in [0.25, 0.3) is 0 Å². The fourth-order valence-electron chi connectivity index (χ4n) is 6.35. The zero-order valence-electron chi connectivity index (χ0n) is 38.2. The lowest BCUT2D eigenvalue weighted by Crippen LogP contribution is -2.30. The number of hydrogen-bond donors (Lipinski definition) is 0. The molecule has 0 fully saturated rings. The van der Waals surface area contributed by atoms with Crippen molar-refractivity contribution in [3.63, 3.8) is 0 Å². The molecule has 0 radical (unpaired) electrons. The average Bonchev–Trinajstić information content (AvgIpc) is 3.23. The van der Waals surface area contributed by atoms with E-state index in [1.165, 1.54) is 64.2 Å². The van der Waals surface area contributed by atoms with Crippen molar-refractivity contribution in [3.8, 4) is 0 Å². The van der Waals surface area contributed by atoms with Gasteiger partial charge in [-0.3, -0.25) is 14.4 Å². The van der Waals surface area contributed by atoms with Crippen molar-refractivity contribution in [1.82, 2.24) is 0 Å². The van der Waals surface area contributed by atoms with Gasteiger partial charge >= 0.3 is 17.9 Å². The van der Waals surface area contributed by atoms with E-state index < -0.39 is 12.1 Å². The van der Waals surface area contributed by atoms with Crippen LogP contribution in [-0.4, -0.2) is 37.2 Å². The first-order chi connectivity index (χ1) is 29.0. The maximum atomic E-state index is 12.7. The molecule has 0 aromatic rings. The van der Waals surface area contributed by atoms with E-state index in [0.717, 1.165) is 103 Å². The number of allylic oxidation sites excluding steroid dienone is 14. The second-order valence-corrected chi connectivity index (χ2v) is 15.6. The van der Waals surface area contributed by atoms with Gasteiger partial charge in [0.1, 0.15) is 13.2 Å². The molecule has 336 valence electrons. The summed E-state index contributed by atoms with van der Waals surface area (Å²) < 4.78 is 16.7. The second-order valence-electron chi connectivity index (χ2n) is 15.6. The quantitative estimate of drug-likeness (QED) is 0.0264. The predicted molar refractivity (Wildman–Crippen MR) is 251 cm³/mol. The number of hydrogen-bond acceptors (Lipinski definition) is 6. The number of esters is 3. The van der Waals surface area contributed by atoms with Crippen LogP contribution in [0.5, 0.6) is 0 Å². The van der Waals surface area contributed by atoms with Gasteiger partial charge in [-0.2, -0.15) is 0 Å². The van der Waals surface area contributed by atoms with Crippen LogP contribution in [0, 0.1) is 0 Å². The van der Waals surface area contributed by atoms with E-state index in [1.54, 1.807) is 0 Å². The summed E-state index contributed by atoms with van der Waals surface area (Å²) in [4.78, 5) is 37.8. The topological polar surface area (TPSA) is 78.9 Å². The molecule has 1 unspecified atom stereocenters. The Morgan fingerprint density at radius 3 is 1.10 bits per heavy atom. The monoisotopic (exact) mass is 821 g/mol. The normalized spacial score (nSPS) is 12.8. The third kappa shape index (κ3) is 45.5. The van der Waals surface area contributed by atoms with E-state index in [2.05, 4.69) is 93.7 Å². The molecule has 0 N–H and O–H groups in total. The molecule has 0 aliphatic heterocycles. The summed E-state index contributed by atoms with van der Waals surface area (Å²) in [7, 11) is 0. The lowest BCUT2D eigenvalue weighted by molar-refractivity contribution is -0.166. The molecule has 6 nitrogen and oxygen atoms in total. The van der Waals surface area contributed by atoms with E-state index in [9.17, 15) is 14.4 Å². The van der Waals surface area contributed by atoms with E-state index in [-0.39, 0.29) is 31.6 Å². The molecule has 0 spiro atoms. The Kier molecular flexibility index (Phi) is 44.5. The van der Waals surface area contributed by atoms with Gasteiger partial charge in [0.05, 0.1) is 0 Å². The van der Waals surface area contributed by atoms with E-state index in [4.69, 9.17) is 14.2 Å². The first kappa shape index (κ1) is 55.6. The first-order valence-electron chi connectivity index (χ1n) is 24.1. The number of rotatable bonds is 42. The maximum absolute atomic E-state index is 12.7. The van der Waals surface area contributed by atoms with Crippen molar-refractivity contribution in [2.45, 2.75) is 219 Å². The maximum Gasteiger partial charge on any atom is 0.306 e. The average molecular weight is 821 g/mol. The van der Waals surface area contributed by atoms with Crippen LogP contribution >= 0.6 is 0 Å². The molecule has 0 bridgehead atoms. The van der Waals surface area contributed by atoms with Gasteiger partial charge < -0.3 is 14.2 Å². The Morgan fingerprint density at radius 1 is 0.356 bits per heavy atom. The molecule has 0 aromatic carbocycles. The van der Waals surface area contributed by atoms with Crippen LogP contribution in [0.3, 0.4) is 0 Å². The van der Waals surface area contributed by atoms with Gasteiger partial charge in [0.15, 0.2) is 6.10 Å². The minimum absolute atomic E-state index is 0.110. The number of carbonyl (C=O) groups is 3. The van der Waals surface area contributed by atoms with Crippen molar-refractivity contribution in [3.05, 3.63) is 85.1 Å². The predicted octanol–water partition coefficient (Wildman–Crippen LogP) is 15.6. The van der Waals surface area contributed by atoms with Crippen LogP contribution in [0.2, 0.25) is 0 Å². The molecule has 0 heterocycles. The highest BCUT2D eigenvalue weighted by Gasteiger charge is 2.19. The van der Waals surface area contributed by atoms with Gasteiger partial charge in [-0.05, 0) is 77.0 Å². The van der Waals surface area contributed by atoms with Crippen LogP contribution in [0.25, 0.3) is 0 Å². The molecule has 0 saturated carbocycles. The lowest BCUT2D eigenvalue weighted by atomic mass is 10.0. The van der Waals surface area contributed by atoms with E-state index in [0.29, 0.717) is 19.3 Å². The Labute approximate surface area is 363 Å². The van der Waals surface area contributed by atoms with Gasteiger partial charge in [-0.25, -0.2) is 0 Å². The van der Waals surface area contributed by atoms with Crippen LogP contribution in [-0.2, 0) is 28.6 Å². The van der Waals surface area contributed by atoms with Gasteiger partial charge in [0, 0.05) is 19.3 Å². The van der Waals surface area contributed by atoms with Crippen LogP contribution < -0.4 is 0 Å². The van der Waals surface area contributed by atoms with Crippen LogP contribution in [0.15, 0.2) is 85.1 Å². The largest absolute Gasteiger partial charge is 0.462 e. The summed E-state index contributed by atoms with van der Waals surface area (Å²) in [6.07, 6.45) is 60.1. The fourth-order valence-corrected chi connectivity index (χ4v) is 6.35. The number of unbranched alkanes of at least 4 members (excludes halogenated alkanes) is 17. The standard InChI is InChI=1S/C53H88O6/c1-4-7-10-13-16-19-22-25-26-29-31-34-37-40-43-46-52(55)58-49-50(59-53(56)47-44-41-38-35-32-28-24-21-18-15-12-9-6-3)48-57-51(54)45-42-39-36-33-30-27-23-20-17-14-11-8-5-2/h7,9-10,12,16,18-19,21,25-26,28,32,38,41,50H,4-6,8,11,13-15,17,20,22-24,27,29-31,33-37,39-40,42-49H2,1-3H3/b10-7-,12-9-,19-16-,21-18-,26-25-,32-28-,41-38-. The molecule has 0 amide bonds. The highest BCUT2D eigenvalue weighted by molar-refractivity contribution is 5.71. The van der Waals surface area contributed by atoms with Gasteiger partial charge in [-0.1, -0.05) is 202 Å².